The first-order valence-corrected chi connectivity index (χ1v) is 13.4. The van der Waals surface area contributed by atoms with Crippen molar-refractivity contribution in [1.29, 1.82) is 0 Å². The van der Waals surface area contributed by atoms with E-state index in [9.17, 15) is 19.5 Å². The van der Waals surface area contributed by atoms with E-state index in [2.05, 4.69) is 10.6 Å². The minimum Gasteiger partial charge on any atom is -0.394 e. The van der Waals surface area contributed by atoms with Crippen LogP contribution in [0.25, 0.3) is 0 Å². The number of thioether (sulfide) groups is 1. The molecular formula is C28H33N3O4S. The molecule has 3 amide bonds. The average Bonchev–Trinajstić information content (AvgIpc) is 3.52. The van der Waals surface area contributed by atoms with Gasteiger partial charge in [-0.05, 0) is 49.8 Å². The Hall–Kier alpha value is -2.84. The summed E-state index contributed by atoms with van der Waals surface area (Å²) < 4.78 is -0.691. The van der Waals surface area contributed by atoms with Gasteiger partial charge in [-0.2, -0.15) is 0 Å². The fourth-order valence-electron chi connectivity index (χ4n) is 6.59. The number of aliphatic hydroxyl groups excluding tert-OH is 1. The molecule has 2 aromatic carbocycles. The van der Waals surface area contributed by atoms with Gasteiger partial charge in [0.2, 0.25) is 17.7 Å². The highest BCUT2D eigenvalue weighted by atomic mass is 32.2. The largest absolute Gasteiger partial charge is 0.394 e. The van der Waals surface area contributed by atoms with Gasteiger partial charge in [0.25, 0.3) is 0 Å². The van der Waals surface area contributed by atoms with Gasteiger partial charge in [-0.25, -0.2) is 0 Å². The number of carbonyl (C=O) groups excluding carboxylic acids is 3. The molecule has 190 valence electrons. The van der Waals surface area contributed by atoms with Crippen LogP contribution in [0.15, 0.2) is 48.5 Å². The number of anilines is 1. The Morgan fingerprint density at radius 2 is 1.81 bits per heavy atom. The summed E-state index contributed by atoms with van der Waals surface area (Å²) in [5, 5.41) is 16.4. The Morgan fingerprint density at radius 3 is 2.44 bits per heavy atom. The summed E-state index contributed by atoms with van der Waals surface area (Å²) in [6.45, 7) is 3.63. The molecule has 0 aromatic heterocycles. The topological polar surface area (TPSA) is 98.7 Å². The molecule has 1 spiro atoms. The Labute approximate surface area is 216 Å². The standard InChI is InChI=1S/C28H33N3O4S/c1-16-8-7-9-17(2)23(16)30-26(34)24-28-13-12-20(36-28)21(25(33)29-3)22(28)27(35)31(24)19(15-32)14-18-10-5-4-6-11-18/h4-11,19-22,24,32H,12-15H2,1-3H3,(H,29,33)(H,30,34)/t19-,20-,21+,22+,24?,28?/m1/s1. The number of nitrogens with one attached hydrogen (secondary N) is 2. The zero-order chi connectivity index (χ0) is 25.6. The zero-order valence-electron chi connectivity index (χ0n) is 20.9. The SMILES string of the molecule is CNC(=O)[C@@H]1[C@H]2C(=O)N([C@@H](CO)Cc3ccccc3)C(C(=O)Nc3c(C)cccc3C)C23CC[C@H]1S3. The molecule has 2 unspecified atom stereocenters. The quantitative estimate of drug-likeness (QED) is 0.535. The number of aryl methyl sites for hydroxylation is 2. The van der Waals surface area contributed by atoms with Crippen LogP contribution in [0.2, 0.25) is 0 Å². The van der Waals surface area contributed by atoms with Gasteiger partial charge in [-0.1, -0.05) is 48.5 Å². The number of hydrogen-bond acceptors (Lipinski definition) is 5. The van der Waals surface area contributed by atoms with Crippen molar-refractivity contribution in [2.24, 2.45) is 11.8 Å². The van der Waals surface area contributed by atoms with E-state index in [1.54, 1.807) is 23.7 Å². The molecule has 0 saturated carbocycles. The van der Waals surface area contributed by atoms with Crippen molar-refractivity contribution in [1.82, 2.24) is 10.2 Å². The molecule has 3 heterocycles. The summed E-state index contributed by atoms with van der Waals surface area (Å²) in [5.41, 5.74) is 3.62. The van der Waals surface area contributed by atoms with Gasteiger partial charge in [0, 0.05) is 18.0 Å². The number of fused-ring (bicyclic) bond motifs is 1. The highest BCUT2D eigenvalue weighted by molar-refractivity contribution is 8.02. The third-order valence-corrected chi connectivity index (χ3v) is 10.1. The lowest BCUT2D eigenvalue weighted by atomic mass is 9.70. The molecule has 6 atom stereocenters. The first kappa shape index (κ1) is 24.8. The summed E-state index contributed by atoms with van der Waals surface area (Å²) in [6.07, 6.45) is 1.91. The highest BCUT2D eigenvalue weighted by Gasteiger charge is 2.74. The Bertz CT molecular complexity index is 1170. The number of rotatable bonds is 7. The number of hydrogen-bond donors (Lipinski definition) is 3. The van der Waals surface area contributed by atoms with Gasteiger partial charge in [0.15, 0.2) is 0 Å². The van der Waals surface area contributed by atoms with Gasteiger partial charge < -0.3 is 20.6 Å². The summed E-state index contributed by atoms with van der Waals surface area (Å²) in [5.74, 6) is -1.65. The molecule has 2 bridgehead atoms. The molecule has 36 heavy (non-hydrogen) atoms. The monoisotopic (exact) mass is 507 g/mol. The molecule has 3 fully saturated rings. The van der Waals surface area contributed by atoms with Crippen LogP contribution in [-0.4, -0.2) is 63.5 Å². The number of para-hydroxylation sites is 1. The van der Waals surface area contributed by atoms with E-state index in [0.717, 1.165) is 28.8 Å². The molecule has 0 aliphatic carbocycles. The number of carbonyl (C=O) groups is 3. The fraction of sp³-hybridized carbons (Fsp3) is 0.464. The lowest BCUT2D eigenvalue weighted by molar-refractivity contribution is -0.141. The normalized spacial score (nSPS) is 29.2. The zero-order valence-corrected chi connectivity index (χ0v) is 21.7. The van der Waals surface area contributed by atoms with E-state index < -0.39 is 28.7 Å². The third-order valence-electron chi connectivity index (χ3n) is 8.18. The van der Waals surface area contributed by atoms with Crippen molar-refractivity contribution >= 4 is 35.2 Å². The molecular weight excluding hydrogens is 474 g/mol. The molecule has 3 aliphatic heterocycles. The van der Waals surface area contributed by atoms with Crippen LogP contribution in [0.3, 0.4) is 0 Å². The fourth-order valence-corrected chi connectivity index (χ4v) is 8.80. The summed E-state index contributed by atoms with van der Waals surface area (Å²) >= 11 is 1.63. The second kappa shape index (κ2) is 9.56. The maximum absolute atomic E-state index is 14.1. The maximum atomic E-state index is 14.1. The minimum atomic E-state index is -0.778. The molecule has 3 aliphatic rings. The molecule has 0 radical (unpaired) electrons. The molecule has 3 saturated heterocycles. The number of nitrogens with zero attached hydrogens (tertiary/aromatic N) is 1. The highest BCUT2D eigenvalue weighted by Crippen LogP contribution is 2.66. The van der Waals surface area contributed by atoms with Gasteiger partial charge >= 0.3 is 0 Å². The van der Waals surface area contributed by atoms with E-state index in [4.69, 9.17) is 0 Å². The Kier molecular flexibility index (Phi) is 6.59. The lowest BCUT2D eigenvalue weighted by Crippen LogP contribution is -2.55. The van der Waals surface area contributed by atoms with Crippen molar-refractivity contribution in [2.75, 3.05) is 19.0 Å². The average molecular weight is 508 g/mol. The molecule has 8 heteroatoms. The molecule has 3 N–H and O–H groups in total. The summed E-state index contributed by atoms with van der Waals surface area (Å²) in [4.78, 5) is 42.8. The van der Waals surface area contributed by atoms with Crippen LogP contribution in [0.5, 0.6) is 0 Å². The lowest BCUT2D eigenvalue weighted by Gasteiger charge is -2.37. The minimum absolute atomic E-state index is 0.0123. The van der Waals surface area contributed by atoms with E-state index in [1.165, 1.54) is 0 Å². The van der Waals surface area contributed by atoms with Crippen molar-refractivity contribution in [2.45, 2.75) is 55.2 Å². The number of amides is 3. The van der Waals surface area contributed by atoms with Crippen LogP contribution >= 0.6 is 11.8 Å². The third kappa shape index (κ3) is 3.82. The van der Waals surface area contributed by atoms with E-state index >= 15 is 0 Å². The van der Waals surface area contributed by atoms with E-state index in [-0.39, 0.29) is 29.6 Å². The maximum Gasteiger partial charge on any atom is 0.248 e. The first-order chi connectivity index (χ1) is 17.3. The summed E-state index contributed by atoms with van der Waals surface area (Å²) in [6, 6.07) is 14.2. The van der Waals surface area contributed by atoms with Crippen molar-refractivity contribution in [3.05, 3.63) is 65.2 Å². The first-order valence-electron chi connectivity index (χ1n) is 12.6. The number of likely N-dealkylation sites (tertiary alicyclic amines) is 1. The van der Waals surface area contributed by atoms with Crippen LogP contribution < -0.4 is 10.6 Å². The molecule has 7 nitrogen and oxygen atoms in total. The van der Waals surface area contributed by atoms with E-state index in [0.29, 0.717) is 12.8 Å². The van der Waals surface area contributed by atoms with Crippen LogP contribution in [0, 0.1) is 25.7 Å². The Morgan fingerprint density at radius 1 is 1.11 bits per heavy atom. The number of benzene rings is 2. The second-order valence-electron chi connectivity index (χ2n) is 10.2. The van der Waals surface area contributed by atoms with Gasteiger partial charge in [-0.15, -0.1) is 11.8 Å². The van der Waals surface area contributed by atoms with Gasteiger partial charge in [0.1, 0.15) is 6.04 Å². The van der Waals surface area contributed by atoms with Crippen molar-refractivity contribution < 1.29 is 19.5 Å². The van der Waals surface area contributed by atoms with Crippen LogP contribution in [-0.2, 0) is 20.8 Å². The Balaban J connectivity index is 1.57. The number of aliphatic hydroxyl groups is 1. The smallest absolute Gasteiger partial charge is 0.248 e. The van der Waals surface area contributed by atoms with Crippen molar-refractivity contribution in [3.8, 4) is 0 Å². The van der Waals surface area contributed by atoms with Gasteiger partial charge in [-0.3, -0.25) is 14.4 Å². The predicted molar refractivity (Wildman–Crippen MR) is 141 cm³/mol. The predicted octanol–water partition coefficient (Wildman–Crippen LogP) is 2.68. The van der Waals surface area contributed by atoms with Gasteiger partial charge in [0.05, 0.1) is 29.2 Å². The van der Waals surface area contributed by atoms with Crippen LogP contribution in [0.1, 0.15) is 29.5 Å². The van der Waals surface area contributed by atoms with Crippen LogP contribution in [0.4, 0.5) is 5.69 Å². The molecule has 5 rings (SSSR count). The second-order valence-corrected chi connectivity index (χ2v) is 11.8. The molecule has 2 aromatic rings. The summed E-state index contributed by atoms with van der Waals surface area (Å²) in [7, 11) is 1.60. The van der Waals surface area contributed by atoms with E-state index in [1.807, 2.05) is 62.4 Å². The van der Waals surface area contributed by atoms with Crippen molar-refractivity contribution in [3.63, 3.8) is 0 Å².